The van der Waals surface area contributed by atoms with E-state index in [1.807, 2.05) is 30.3 Å². The molecule has 0 aliphatic carbocycles. The molecule has 0 saturated heterocycles. The summed E-state index contributed by atoms with van der Waals surface area (Å²) in [7, 11) is 0. The highest BCUT2D eigenvalue weighted by Crippen LogP contribution is 2.24. The van der Waals surface area contributed by atoms with Crippen molar-refractivity contribution in [2.75, 3.05) is 19.6 Å². The van der Waals surface area contributed by atoms with E-state index in [9.17, 15) is 9.59 Å². The second-order valence-corrected chi connectivity index (χ2v) is 6.65. The van der Waals surface area contributed by atoms with E-state index in [1.54, 1.807) is 0 Å². The number of nitrogens with zero attached hydrogens (tertiary/aromatic N) is 1. The summed E-state index contributed by atoms with van der Waals surface area (Å²) in [5.41, 5.74) is 1.77. The number of hydrogen-bond acceptors (Lipinski definition) is 3. The molecule has 0 bridgehead atoms. The first-order valence-corrected chi connectivity index (χ1v) is 9.36. The molecule has 0 atom stereocenters. The van der Waals surface area contributed by atoms with Crippen LogP contribution in [0.3, 0.4) is 0 Å². The molecule has 0 radical (unpaired) electrons. The zero-order chi connectivity index (χ0) is 18.2. The maximum Gasteiger partial charge on any atom is 0.228 e. The largest absolute Gasteiger partial charge is 0.303 e. The van der Waals surface area contributed by atoms with E-state index < -0.39 is 11.6 Å². The van der Waals surface area contributed by atoms with Crippen LogP contribution in [0, 0.1) is 0 Å². The van der Waals surface area contributed by atoms with Crippen LogP contribution in [0.5, 0.6) is 0 Å². The van der Waals surface area contributed by atoms with E-state index in [1.165, 1.54) is 25.3 Å². The number of carbonyl (C=O) groups is 2. The number of aryl methyl sites for hydroxylation is 1. The fourth-order valence-corrected chi connectivity index (χ4v) is 3.43. The second kappa shape index (κ2) is 9.47. The highest BCUT2D eigenvalue weighted by atomic mass is 16.2. The molecular formula is C22H29NO2. The number of carbonyl (C=O) groups excluding carboxylic acids is 2. The van der Waals surface area contributed by atoms with Crippen molar-refractivity contribution >= 4 is 22.3 Å². The van der Waals surface area contributed by atoms with Gasteiger partial charge in [-0.15, -0.1) is 0 Å². The van der Waals surface area contributed by atoms with Crippen molar-refractivity contribution in [2.24, 2.45) is 0 Å². The molecule has 3 heteroatoms. The third-order valence-electron chi connectivity index (χ3n) is 4.58. The minimum absolute atomic E-state index is 0.403. The Labute approximate surface area is 151 Å². The quantitative estimate of drug-likeness (QED) is 0.466. The van der Waals surface area contributed by atoms with Crippen LogP contribution in [0.2, 0.25) is 0 Å². The van der Waals surface area contributed by atoms with Gasteiger partial charge < -0.3 is 4.90 Å². The van der Waals surface area contributed by atoms with Gasteiger partial charge in [0, 0.05) is 12.5 Å². The van der Waals surface area contributed by atoms with Crippen molar-refractivity contribution in [1.29, 1.82) is 0 Å². The fraction of sp³-hybridized carbons (Fsp3) is 0.455. The van der Waals surface area contributed by atoms with Gasteiger partial charge in [0.15, 0.2) is 5.78 Å². The molecule has 0 unspecified atom stereocenters. The lowest BCUT2D eigenvalue weighted by Gasteiger charge is -2.21. The van der Waals surface area contributed by atoms with Crippen molar-refractivity contribution in [3.05, 3.63) is 47.5 Å². The van der Waals surface area contributed by atoms with E-state index >= 15 is 0 Å². The summed E-state index contributed by atoms with van der Waals surface area (Å²) < 4.78 is 0. The number of rotatable bonds is 10. The first kappa shape index (κ1) is 19.3. The van der Waals surface area contributed by atoms with Crippen LogP contribution in [0.1, 0.15) is 56.0 Å². The summed E-state index contributed by atoms with van der Waals surface area (Å²) in [6.45, 7) is 9.19. The van der Waals surface area contributed by atoms with Crippen LogP contribution in [0.4, 0.5) is 0 Å². The number of Topliss-reactive ketones (excluding diaryl/α,β-unsaturated/α-hetero) is 2. The number of hydrogen-bond donors (Lipinski definition) is 0. The van der Waals surface area contributed by atoms with Gasteiger partial charge in [0.2, 0.25) is 5.78 Å². The van der Waals surface area contributed by atoms with Crippen LogP contribution in [-0.4, -0.2) is 36.1 Å². The minimum atomic E-state index is -0.410. The molecule has 2 rings (SSSR count). The van der Waals surface area contributed by atoms with Crippen molar-refractivity contribution in [3.63, 3.8) is 0 Å². The molecule has 2 aromatic rings. The van der Waals surface area contributed by atoms with Gasteiger partial charge in [-0.1, -0.05) is 50.2 Å². The summed E-state index contributed by atoms with van der Waals surface area (Å²) in [4.78, 5) is 26.2. The van der Waals surface area contributed by atoms with Gasteiger partial charge in [-0.2, -0.15) is 0 Å². The maximum absolute atomic E-state index is 12.2. The van der Waals surface area contributed by atoms with Crippen molar-refractivity contribution in [1.82, 2.24) is 4.90 Å². The Morgan fingerprint density at radius 3 is 2.12 bits per heavy atom. The van der Waals surface area contributed by atoms with Gasteiger partial charge in [0.25, 0.3) is 0 Å². The Kier molecular flexibility index (Phi) is 7.32. The van der Waals surface area contributed by atoms with Gasteiger partial charge in [0.1, 0.15) is 0 Å². The molecule has 134 valence electrons. The van der Waals surface area contributed by atoms with E-state index in [4.69, 9.17) is 0 Å². The summed E-state index contributed by atoms with van der Waals surface area (Å²) in [6, 6.07) is 11.7. The molecule has 25 heavy (non-hydrogen) atoms. The molecule has 0 saturated carbocycles. The van der Waals surface area contributed by atoms with Gasteiger partial charge in [0.05, 0.1) is 0 Å². The molecule has 0 amide bonds. The SMILES string of the molecule is CCCN(CCC)CCCc1ccc(C(=O)C(C)=O)c2ccccc12. The summed E-state index contributed by atoms with van der Waals surface area (Å²) in [5, 5.41) is 1.98. The number of ketones is 2. The van der Waals surface area contributed by atoms with Crippen LogP contribution in [-0.2, 0) is 11.2 Å². The van der Waals surface area contributed by atoms with Gasteiger partial charge in [-0.3, -0.25) is 9.59 Å². The highest BCUT2D eigenvalue weighted by Gasteiger charge is 2.15. The van der Waals surface area contributed by atoms with Crippen LogP contribution in [0.15, 0.2) is 36.4 Å². The molecule has 0 N–H and O–H groups in total. The molecule has 0 aliphatic rings. The van der Waals surface area contributed by atoms with E-state index in [-0.39, 0.29) is 0 Å². The monoisotopic (exact) mass is 339 g/mol. The average Bonchev–Trinajstić information content (AvgIpc) is 2.61. The highest BCUT2D eigenvalue weighted by molar-refractivity contribution is 6.45. The Bertz CT molecular complexity index is 730. The first-order chi connectivity index (χ1) is 12.1. The molecule has 0 spiro atoms. The molecule has 3 nitrogen and oxygen atoms in total. The molecule has 0 heterocycles. The summed E-state index contributed by atoms with van der Waals surface area (Å²) in [6.07, 6.45) is 4.46. The maximum atomic E-state index is 12.2. The van der Waals surface area contributed by atoms with Gasteiger partial charge in [-0.25, -0.2) is 0 Å². The smallest absolute Gasteiger partial charge is 0.228 e. The lowest BCUT2D eigenvalue weighted by atomic mass is 9.94. The number of fused-ring (bicyclic) bond motifs is 1. The third kappa shape index (κ3) is 4.99. The van der Waals surface area contributed by atoms with Crippen molar-refractivity contribution < 1.29 is 9.59 Å². The average molecular weight is 339 g/mol. The second-order valence-electron chi connectivity index (χ2n) is 6.65. The molecule has 0 fully saturated rings. The van der Waals surface area contributed by atoms with E-state index in [0.29, 0.717) is 5.56 Å². The predicted octanol–water partition coefficient (Wildman–Crippen LogP) is 4.67. The summed E-state index contributed by atoms with van der Waals surface area (Å²) >= 11 is 0. The van der Waals surface area contributed by atoms with E-state index in [0.717, 1.165) is 43.2 Å². The molecule has 2 aromatic carbocycles. The van der Waals surface area contributed by atoms with Crippen LogP contribution >= 0.6 is 0 Å². The first-order valence-electron chi connectivity index (χ1n) is 9.36. The lowest BCUT2D eigenvalue weighted by molar-refractivity contribution is -0.113. The zero-order valence-electron chi connectivity index (χ0n) is 15.7. The summed E-state index contributed by atoms with van der Waals surface area (Å²) in [5.74, 6) is -0.813. The minimum Gasteiger partial charge on any atom is -0.303 e. The molecular weight excluding hydrogens is 310 g/mol. The van der Waals surface area contributed by atoms with Crippen LogP contribution in [0.25, 0.3) is 10.8 Å². The fourth-order valence-electron chi connectivity index (χ4n) is 3.43. The topological polar surface area (TPSA) is 37.4 Å². The zero-order valence-corrected chi connectivity index (χ0v) is 15.7. The van der Waals surface area contributed by atoms with E-state index in [2.05, 4.69) is 24.8 Å². The Balaban J connectivity index is 2.18. The van der Waals surface area contributed by atoms with Gasteiger partial charge in [-0.05, 0) is 61.7 Å². The Morgan fingerprint density at radius 1 is 0.880 bits per heavy atom. The Morgan fingerprint density at radius 2 is 1.52 bits per heavy atom. The third-order valence-corrected chi connectivity index (χ3v) is 4.58. The Hall–Kier alpha value is -2.00. The van der Waals surface area contributed by atoms with Gasteiger partial charge >= 0.3 is 0 Å². The molecule has 0 aliphatic heterocycles. The number of benzene rings is 2. The van der Waals surface area contributed by atoms with Crippen LogP contribution < -0.4 is 0 Å². The normalized spacial score (nSPS) is 11.2. The predicted molar refractivity (Wildman–Crippen MR) is 104 cm³/mol. The lowest BCUT2D eigenvalue weighted by Crippen LogP contribution is -2.26. The standard InChI is InChI=1S/C22H29NO2/c1-4-14-23(15-5-2)16-8-9-18-12-13-21(22(25)17(3)24)20-11-7-6-10-19(18)20/h6-7,10-13H,4-5,8-9,14-16H2,1-3H3. The molecule has 0 aromatic heterocycles. The van der Waals surface area contributed by atoms with Crippen molar-refractivity contribution in [3.8, 4) is 0 Å². The van der Waals surface area contributed by atoms with Crippen molar-refractivity contribution in [2.45, 2.75) is 46.5 Å².